The van der Waals surface area contributed by atoms with Crippen molar-refractivity contribution in [1.29, 1.82) is 0 Å². The number of carbonyl (C=O) groups is 2. The molecule has 0 radical (unpaired) electrons. The van der Waals surface area contributed by atoms with Crippen LogP contribution >= 0.6 is 0 Å². The Morgan fingerprint density at radius 2 is 1.79 bits per heavy atom. The minimum Gasteiger partial charge on any atom is -0.355 e. The van der Waals surface area contributed by atoms with Crippen LogP contribution in [-0.4, -0.2) is 52.7 Å². The number of pyridine rings is 2. The third-order valence-corrected chi connectivity index (χ3v) is 4.97. The predicted octanol–water partition coefficient (Wildman–Crippen LogP) is 3.10. The Balaban J connectivity index is 1.76. The molecule has 0 bridgehead atoms. The fourth-order valence-electron chi connectivity index (χ4n) is 3.41. The maximum absolute atomic E-state index is 12.8. The quantitative estimate of drug-likeness (QED) is 0.766. The minimum atomic E-state index is -0.374. The van der Waals surface area contributed by atoms with E-state index < -0.39 is 0 Å². The van der Waals surface area contributed by atoms with Crippen LogP contribution in [-0.2, 0) is 4.79 Å². The average molecular weight is 380 g/mol. The zero-order valence-electron chi connectivity index (χ0n) is 17.1. The normalized spacial score (nSPS) is 15.3. The van der Waals surface area contributed by atoms with Gasteiger partial charge >= 0.3 is 0 Å². The van der Waals surface area contributed by atoms with Crippen LogP contribution in [0.15, 0.2) is 36.5 Å². The van der Waals surface area contributed by atoms with Crippen molar-refractivity contribution in [2.75, 3.05) is 31.1 Å². The van der Waals surface area contributed by atoms with Gasteiger partial charge in [-0.1, -0.05) is 26.8 Å². The Hall–Kier alpha value is -2.76. The summed E-state index contributed by atoms with van der Waals surface area (Å²) in [6, 6.07) is 9.07. The molecule has 1 saturated heterocycles. The first-order chi connectivity index (χ1) is 13.3. The van der Waals surface area contributed by atoms with Gasteiger partial charge in [0.15, 0.2) is 0 Å². The van der Waals surface area contributed by atoms with Crippen molar-refractivity contribution in [2.45, 2.75) is 34.1 Å². The fourth-order valence-corrected chi connectivity index (χ4v) is 3.41. The van der Waals surface area contributed by atoms with Gasteiger partial charge in [0.1, 0.15) is 11.5 Å². The number of aromatic nitrogens is 2. The van der Waals surface area contributed by atoms with Crippen LogP contribution < -0.4 is 4.90 Å². The number of nitrogens with zero attached hydrogens (tertiary/aromatic N) is 4. The van der Waals surface area contributed by atoms with Crippen molar-refractivity contribution >= 4 is 17.5 Å². The van der Waals surface area contributed by atoms with Crippen molar-refractivity contribution < 1.29 is 9.59 Å². The largest absolute Gasteiger partial charge is 0.355 e. The topological polar surface area (TPSA) is 66.4 Å². The number of rotatable bonds is 3. The second kappa shape index (κ2) is 8.09. The molecule has 0 unspecified atom stereocenters. The molecule has 0 aliphatic carbocycles. The van der Waals surface area contributed by atoms with E-state index >= 15 is 0 Å². The minimum absolute atomic E-state index is 0.119. The van der Waals surface area contributed by atoms with Crippen LogP contribution in [0.4, 0.5) is 5.82 Å². The first kappa shape index (κ1) is 20.0. The lowest BCUT2D eigenvalue weighted by molar-refractivity contribution is -0.139. The summed E-state index contributed by atoms with van der Waals surface area (Å²) in [5.41, 5.74) is 1.32. The standard InChI is InChI=1S/C22H28N4O2/c1-16-17(8-6-11-23-16)20(27)18-9-5-10-19(24-18)25-12-7-13-26(15-14-25)21(28)22(2,3)4/h5-6,8-11H,7,12-15H2,1-4H3. The zero-order chi connectivity index (χ0) is 20.3. The van der Waals surface area contributed by atoms with Crippen LogP contribution in [0, 0.1) is 12.3 Å². The summed E-state index contributed by atoms with van der Waals surface area (Å²) in [7, 11) is 0. The molecule has 6 heteroatoms. The molecule has 6 nitrogen and oxygen atoms in total. The fraction of sp³-hybridized carbons (Fsp3) is 0.455. The lowest BCUT2D eigenvalue weighted by Crippen LogP contribution is -2.41. The lowest BCUT2D eigenvalue weighted by atomic mass is 9.94. The first-order valence-electron chi connectivity index (χ1n) is 9.75. The number of hydrogen-bond donors (Lipinski definition) is 0. The van der Waals surface area contributed by atoms with Crippen molar-refractivity contribution in [3.63, 3.8) is 0 Å². The second-order valence-corrected chi connectivity index (χ2v) is 8.23. The summed E-state index contributed by atoms with van der Waals surface area (Å²) in [5.74, 6) is 0.836. The summed E-state index contributed by atoms with van der Waals surface area (Å²) in [5, 5.41) is 0. The summed E-state index contributed by atoms with van der Waals surface area (Å²) in [6.45, 7) is 10.6. The monoisotopic (exact) mass is 380 g/mol. The summed E-state index contributed by atoms with van der Waals surface area (Å²) in [4.78, 5) is 38.3. The van der Waals surface area contributed by atoms with Gasteiger partial charge in [0.2, 0.25) is 11.7 Å². The smallest absolute Gasteiger partial charge is 0.228 e. The Kier molecular flexibility index (Phi) is 5.77. The SMILES string of the molecule is Cc1ncccc1C(=O)c1cccc(N2CCCN(C(=O)C(C)(C)C)CC2)n1. The van der Waals surface area contributed by atoms with Gasteiger partial charge < -0.3 is 9.80 Å². The molecule has 0 aromatic carbocycles. The van der Waals surface area contributed by atoms with Crippen LogP contribution in [0.2, 0.25) is 0 Å². The van der Waals surface area contributed by atoms with E-state index in [-0.39, 0.29) is 17.1 Å². The molecule has 3 heterocycles. The second-order valence-electron chi connectivity index (χ2n) is 8.23. The zero-order valence-corrected chi connectivity index (χ0v) is 17.1. The van der Waals surface area contributed by atoms with E-state index in [1.165, 1.54) is 0 Å². The highest BCUT2D eigenvalue weighted by molar-refractivity contribution is 6.08. The molecule has 28 heavy (non-hydrogen) atoms. The van der Waals surface area contributed by atoms with Gasteiger partial charge in [-0.15, -0.1) is 0 Å². The molecule has 1 amide bonds. The van der Waals surface area contributed by atoms with Gasteiger partial charge in [-0.3, -0.25) is 14.6 Å². The van der Waals surface area contributed by atoms with Crippen LogP contribution in [0.1, 0.15) is 48.9 Å². The van der Waals surface area contributed by atoms with Crippen molar-refractivity contribution in [3.8, 4) is 0 Å². The van der Waals surface area contributed by atoms with E-state index in [4.69, 9.17) is 0 Å². The van der Waals surface area contributed by atoms with E-state index in [0.717, 1.165) is 25.3 Å². The maximum atomic E-state index is 12.8. The Morgan fingerprint density at radius 1 is 1.00 bits per heavy atom. The third-order valence-electron chi connectivity index (χ3n) is 4.97. The van der Waals surface area contributed by atoms with Crippen molar-refractivity contribution in [3.05, 3.63) is 53.5 Å². The molecule has 2 aromatic rings. The van der Waals surface area contributed by atoms with Gasteiger partial charge in [0, 0.05) is 49.0 Å². The average Bonchev–Trinajstić information content (AvgIpc) is 2.93. The molecule has 2 aromatic heterocycles. The van der Waals surface area contributed by atoms with E-state index in [2.05, 4.69) is 14.9 Å². The molecule has 0 spiro atoms. The highest BCUT2D eigenvalue weighted by atomic mass is 16.2. The van der Waals surface area contributed by atoms with E-state index in [1.54, 1.807) is 24.4 Å². The molecule has 0 saturated carbocycles. The molecule has 0 N–H and O–H groups in total. The van der Waals surface area contributed by atoms with Gasteiger partial charge in [-0.2, -0.15) is 0 Å². The molecule has 1 aliphatic heterocycles. The molecule has 1 aliphatic rings. The van der Waals surface area contributed by atoms with Gasteiger partial charge in [-0.25, -0.2) is 4.98 Å². The number of hydrogen-bond acceptors (Lipinski definition) is 5. The van der Waals surface area contributed by atoms with Crippen LogP contribution in [0.3, 0.4) is 0 Å². The highest BCUT2D eigenvalue weighted by Gasteiger charge is 2.29. The number of aryl methyl sites for hydroxylation is 1. The van der Waals surface area contributed by atoms with Crippen molar-refractivity contribution in [1.82, 2.24) is 14.9 Å². The summed E-state index contributed by atoms with van der Waals surface area (Å²) < 4.78 is 0. The Morgan fingerprint density at radius 3 is 2.50 bits per heavy atom. The molecule has 3 rings (SSSR count). The van der Waals surface area contributed by atoms with Gasteiger partial charge in [0.25, 0.3) is 0 Å². The summed E-state index contributed by atoms with van der Waals surface area (Å²) in [6.07, 6.45) is 2.56. The Labute approximate surface area is 166 Å². The molecule has 148 valence electrons. The van der Waals surface area contributed by atoms with E-state index in [1.807, 2.05) is 44.7 Å². The van der Waals surface area contributed by atoms with Crippen molar-refractivity contribution in [2.24, 2.45) is 5.41 Å². The summed E-state index contributed by atoms with van der Waals surface area (Å²) >= 11 is 0. The third kappa shape index (κ3) is 4.38. The molecule has 1 fully saturated rings. The first-order valence-corrected chi connectivity index (χ1v) is 9.75. The van der Waals surface area contributed by atoms with E-state index in [9.17, 15) is 9.59 Å². The number of anilines is 1. The number of carbonyl (C=O) groups excluding carboxylic acids is 2. The van der Waals surface area contributed by atoms with Crippen LogP contribution in [0.5, 0.6) is 0 Å². The number of amides is 1. The molecular formula is C22H28N4O2. The lowest BCUT2D eigenvalue weighted by Gasteiger charge is -2.28. The number of ketones is 1. The maximum Gasteiger partial charge on any atom is 0.228 e. The Bertz CT molecular complexity index is 873. The molecular weight excluding hydrogens is 352 g/mol. The van der Waals surface area contributed by atoms with Gasteiger partial charge in [-0.05, 0) is 37.6 Å². The predicted molar refractivity (Wildman–Crippen MR) is 110 cm³/mol. The molecule has 0 atom stereocenters. The van der Waals surface area contributed by atoms with Crippen LogP contribution in [0.25, 0.3) is 0 Å². The highest BCUT2D eigenvalue weighted by Crippen LogP contribution is 2.21. The van der Waals surface area contributed by atoms with E-state index in [0.29, 0.717) is 30.0 Å². The van der Waals surface area contributed by atoms with Gasteiger partial charge in [0.05, 0.1) is 0 Å².